The van der Waals surface area contributed by atoms with Crippen molar-refractivity contribution in [1.82, 2.24) is 15.1 Å². The second-order valence-electron chi connectivity index (χ2n) is 6.07. The molecule has 0 aromatic carbocycles. The van der Waals surface area contributed by atoms with Gasteiger partial charge >= 0.3 is 0 Å². The smallest absolute Gasteiger partial charge is 0.239 e. The van der Waals surface area contributed by atoms with E-state index in [1.54, 1.807) is 0 Å². The molecule has 2 fully saturated rings. The Bertz CT molecular complexity index is 331. The fourth-order valence-electron chi connectivity index (χ4n) is 3.43. The van der Waals surface area contributed by atoms with Crippen LogP contribution in [0.1, 0.15) is 26.7 Å². The number of amides is 1. The third-order valence-electron chi connectivity index (χ3n) is 4.89. The summed E-state index contributed by atoms with van der Waals surface area (Å²) < 4.78 is 0. The molecule has 1 aliphatic carbocycles. The molecule has 2 unspecified atom stereocenters. The number of rotatable bonds is 6. The van der Waals surface area contributed by atoms with Gasteiger partial charge in [-0.05, 0) is 39.3 Å². The summed E-state index contributed by atoms with van der Waals surface area (Å²) in [7, 11) is 1.87. The molecule has 1 saturated carbocycles. The van der Waals surface area contributed by atoms with Gasteiger partial charge in [0.05, 0.1) is 0 Å². The van der Waals surface area contributed by atoms with Gasteiger partial charge in [-0.1, -0.05) is 6.92 Å². The Morgan fingerprint density at radius 2 is 2.11 bits per heavy atom. The molecule has 0 bridgehead atoms. The van der Waals surface area contributed by atoms with Crippen LogP contribution in [0.2, 0.25) is 0 Å². The maximum absolute atomic E-state index is 11.9. The number of hydrogen-bond acceptors (Lipinski definition) is 4. The molecule has 1 aliphatic heterocycles. The van der Waals surface area contributed by atoms with Crippen LogP contribution in [0.5, 0.6) is 0 Å². The molecule has 0 aromatic heterocycles. The third kappa shape index (κ3) is 2.93. The van der Waals surface area contributed by atoms with Gasteiger partial charge in [0.2, 0.25) is 5.91 Å². The number of nitrogens with zero attached hydrogens (tertiary/aromatic N) is 2. The first kappa shape index (κ1) is 14.8. The minimum absolute atomic E-state index is 0.192. The SMILES string of the molecule is CCN1CCN(CC(NC)(C(N)=O)C2CC2)CC1C. The lowest BCUT2D eigenvalue weighted by Crippen LogP contribution is -2.64. The lowest BCUT2D eigenvalue weighted by Gasteiger charge is -2.43. The number of nitrogens with one attached hydrogen (secondary N) is 1. The van der Waals surface area contributed by atoms with Gasteiger partial charge in [-0.2, -0.15) is 0 Å². The van der Waals surface area contributed by atoms with Gasteiger partial charge in [-0.15, -0.1) is 0 Å². The molecule has 0 aromatic rings. The Hall–Kier alpha value is -0.650. The van der Waals surface area contributed by atoms with Gasteiger partial charge < -0.3 is 11.1 Å². The number of likely N-dealkylation sites (N-methyl/N-ethyl adjacent to an activating group) is 2. The molecular formula is C14H28N4O. The van der Waals surface area contributed by atoms with E-state index in [9.17, 15) is 4.79 Å². The maximum Gasteiger partial charge on any atom is 0.239 e. The van der Waals surface area contributed by atoms with Crippen LogP contribution in [0.25, 0.3) is 0 Å². The molecule has 3 N–H and O–H groups in total. The van der Waals surface area contributed by atoms with Crippen molar-refractivity contribution in [1.29, 1.82) is 0 Å². The molecule has 0 radical (unpaired) electrons. The van der Waals surface area contributed by atoms with E-state index in [0.29, 0.717) is 12.0 Å². The molecule has 0 spiro atoms. The fraction of sp³-hybridized carbons (Fsp3) is 0.929. The van der Waals surface area contributed by atoms with Crippen molar-refractivity contribution in [3.8, 4) is 0 Å². The molecule has 1 heterocycles. The van der Waals surface area contributed by atoms with Crippen LogP contribution in [0.4, 0.5) is 0 Å². The van der Waals surface area contributed by atoms with Gasteiger partial charge in [0, 0.05) is 32.2 Å². The Balaban J connectivity index is 2.00. The fourth-order valence-corrected chi connectivity index (χ4v) is 3.43. The number of nitrogens with two attached hydrogens (primary N) is 1. The Labute approximate surface area is 116 Å². The molecule has 1 amide bonds. The van der Waals surface area contributed by atoms with Crippen LogP contribution < -0.4 is 11.1 Å². The number of piperazine rings is 1. The Kier molecular flexibility index (Phi) is 4.48. The summed E-state index contributed by atoms with van der Waals surface area (Å²) in [5, 5.41) is 3.23. The lowest BCUT2D eigenvalue weighted by atomic mass is 9.91. The predicted molar refractivity (Wildman–Crippen MR) is 76.9 cm³/mol. The number of primary amides is 1. The highest BCUT2D eigenvalue weighted by Crippen LogP contribution is 2.40. The van der Waals surface area contributed by atoms with Crippen LogP contribution in [0.3, 0.4) is 0 Å². The second kappa shape index (κ2) is 5.77. The monoisotopic (exact) mass is 268 g/mol. The minimum atomic E-state index is -0.520. The normalized spacial score (nSPS) is 29.1. The minimum Gasteiger partial charge on any atom is -0.368 e. The topological polar surface area (TPSA) is 61.6 Å². The van der Waals surface area contributed by atoms with E-state index in [2.05, 4.69) is 29.0 Å². The highest BCUT2D eigenvalue weighted by Gasteiger charge is 2.50. The molecule has 2 aliphatic rings. The molecule has 5 heteroatoms. The number of hydrogen-bond donors (Lipinski definition) is 2. The standard InChI is InChI=1S/C14H28N4O/c1-4-18-8-7-17(9-11(18)2)10-14(16-3,13(15)19)12-5-6-12/h11-12,16H,4-10H2,1-3H3,(H2,15,19). The molecule has 2 atom stereocenters. The summed E-state index contributed by atoms with van der Waals surface area (Å²) in [6.45, 7) is 9.46. The zero-order valence-electron chi connectivity index (χ0n) is 12.5. The third-order valence-corrected chi connectivity index (χ3v) is 4.89. The summed E-state index contributed by atoms with van der Waals surface area (Å²) in [6, 6.07) is 0.556. The zero-order valence-corrected chi connectivity index (χ0v) is 12.5. The maximum atomic E-state index is 11.9. The van der Waals surface area contributed by atoms with E-state index in [1.807, 2.05) is 7.05 Å². The predicted octanol–water partition coefficient (Wildman–Crippen LogP) is -0.134. The van der Waals surface area contributed by atoms with Gasteiger partial charge in [0.1, 0.15) is 5.54 Å². The molecular weight excluding hydrogens is 240 g/mol. The van der Waals surface area contributed by atoms with Crippen molar-refractivity contribution in [2.24, 2.45) is 11.7 Å². The van der Waals surface area contributed by atoms with Crippen molar-refractivity contribution in [2.45, 2.75) is 38.3 Å². The first-order valence-corrected chi connectivity index (χ1v) is 7.48. The Morgan fingerprint density at radius 1 is 1.42 bits per heavy atom. The highest BCUT2D eigenvalue weighted by molar-refractivity contribution is 5.86. The van der Waals surface area contributed by atoms with Crippen molar-refractivity contribution in [2.75, 3.05) is 39.8 Å². The molecule has 110 valence electrons. The average molecular weight is 268 g/mol. The van der Waals surface area contributed by atoms with E-state index in [1.165, 1.54) is 0 Å². The van der Waals surface area contributed by atoms with Crippen molar-refractivity contribution >= 4 is 5.91 Å². The van der Waals surface area contributed by atoms with E-state index < -0.39 is 5.54 Å². The number of carbonyl (C=O) groups excluding carboxylic acids is 1. The van der Waals surface area contributed by atoms with Crippen LogP contribution in [0, 0.1) is 5.92 Å². The molecule has 19 heavy (non-hydrogen) atoms. The quantitative estimate of drug-likeness (QED) is 0.704. The van der Waals surface area contributed by atoms with E-state index in [4.69, 9.17) is 5.73 Å². The first-order chi connectivity index (χ1) is 9.03. The van der Waals surface area contributed by atoms with Crippen LogP contribution in [-0.2, 0) is 4.79 Å². The largest absolute Gasteiger partial charge is 0.368 e. The first-order valence-electron chi connectivity index (χ1n) is 7.48. The van der Waals surface area contributed by atoms with Crippen molar-refractivity contribution < 1.29 is 4.79 Å². The van der Waals surface area contributed by atoms with Gasteiger partial charge in [-0.3, -0.25) is 14.6 Å². The van der Waals surface area contributed by atoms with E-state index >= 15 is 0 Å². The van der Waals surface area contributed by atoms with Crippen LogP contribution in [-0.4, -0.2) is 67.1 Å². The van der Waals surface area contributed by atoms with Crippen LogP contribution in [0.15, 0.2) is 0 Å². The lowest BCUT2D eigenvalue weighted by molar-refractivity contribution is -0.126. The molecule has 1 saturated heterocycles. The van der Waals surface area contributed by atoms with Crippen molar-refractivity contribution in [3.05, 3.63) is 0 Å². The Morgan fingerprint density at radius 3 is 2.53 bits per heavy atom. The van der Waals surface area contributed by atoms with E-state index in [0.717, 1.165) is 45.6 Å². The summed E-state index contributed by atoms with van der Waals surface area (Å²) in [5.41, 5.74) is 5.17. The summed E-state index contributed by atoms with van der Waals surface area (Å²) in [5.74, 6) is 0.234. The van der Waals surface area contributed by atoms with Crippen molar-refractivity contribution in [3.63, 3.8) is 0 Å². The van der Waals surface area contributed by atoms with Gasteiger partial charge in [0.15, 0.2) is 0 Å². The second-order valence-corrected chi connectivity index (χ2v) is 6.07. The van der Waals surface area contributed by atoms with E-state index in [-0.39, 0.29) is 5.91 Å². The summed E-state index contributed by atoms with van der Waals surface area (Å²) >= 11 is 0. The van der Waals surface area contributed by atoms with Gasteiger partial charge in [0.25, 0.3) is 0 Å². The van der Waals surface area contributed by atoms with Gasteiger partial charge in [-0.25, -0.2) is 0 Å². The summed E-state index contributed by atoms with van der Waals surface area (Å²) in [6.07, 6.45) is 2.24. The van der Waals surface area contributed by atoms with Crippen LogP contribution >= 0.6 is 0 Å². The summed E-state index contributed by atoms with van der Waals surface area (Å²) in [4.78, 5) is 16.8. The molecule has 5 nitrogen and oxygen atoms in total. The zero-order chi connectivity index (χ0) is 14.0. The number of carbonyl (C=O) groups is 1. The average Bonchev–Trinajstić information content (AvgIpc) is 3.20. The highest BCUT2D eigenvalue weighted by atomic mass is 16.1. The molecule has 2 rings (SSSR count).